The second kappa shape index (κ2) is 8.98. The summed E-state index contributed by atoms with van der Waals surface area (Å²) in [6, 6.07) is 5.64. The van der Waals surface area contributed by atoms with Crippen molar-refractivity contribution in [1.29, 1.82) is 0 Å². The maximum Gasteiger partial charge on any atom is 0.0718 e. The lowest BCUT2D eigenvalue weighted by Crippen LogP contribution is -2.31. The second-order valence-corrected chi connectivity index (χ2v) is 7.12. The van der Waals surface area contributed by atoms with Crippen LogP contribution in [-0.4, -0.2) is 66.4 Å². The number of aliphatic hydroxyl groups excluding tert-OH is 3. The van der Waals surface area contributed by atoms with E-state index in [2.05, 4.69) is 10.9 Å². The van der Waals surface area contributed by atoms with Crippen LogP contribution >= 0.6 is 10.5 Å². The molecule has 0 aromatic heterocycles. The molecule has 1 aliphatic rings. The molecule has 2 unspecified atom stereocenters. The van der Waals surface area contributed by atoms with Crippen molar-refractivity contribution in [3.63, 3.8) is 0 Å². The minimum absolute atomic E-state index is 0.0000832. The number of hydrogen-bond donors (Lipinski definition) is 4. The maximum absolute atomic E-state index is 9.33. The van der Waals surface area contributed by atoms with Gasteiger partial charge >= 0.3 is 0 Å². The average molecular weight is 351 g/mol. The molecule has 2 rings (SSSR count). The van der Waals surface area contributed by atoms with E-state index >= 15 is 0 Å². The fraction of sp³-hybridized carbons (Fsp3) is 0.412. The highest BCUT2D eigenvalue weighted by Crippen LogP contribution is 2.45. The largest absolute Gasteiger partial charge is 0.399 e. The minimum Gasteiger partial charge on any atom is -0.399 e. The summed E-state index contributed by atoms with van der Waals surface area (Å²) >= 11 is 0. The number of benzene rings is 1. The monoisotopic (exact) mass is 351 g/mol. The lowest BCUT2D eigenvalue weighted by atomic mass is 10.0. The number of nitrogens with two attached hydrogens (primary N) is 1. The summed E-state index contributed by atoms with van der Waals surface area (Å²) in [6.07, 6.45) is 1.95. The number of anilines is 2. The third-order valence-electron chi connectivity index (χ3n) is 3.79. The lowest BCUT2D eigenvalue weighted by molar-refractivity contribution is 0.281. The van der Waals surface area contributed by atoms with Gasteiger partial charge in [0.15, 0.2) is 0 Å². The Hall–Kier alpha value is -1.67. The Morgan fingerprint density at radius 3 is 2.50 bits per heavy atom. The molecule has 0 saturated heterocycles. The third-order valence-corrected chi connectivity index (χ3v) is 5.38. The number of rotatable bonds is 8. The van der Waals surface area contributed by atoms with Gasteiger partial charge in [-0.3, -0.25) is 4.99 Å². The fourth-order valence-corrected chi connectivity index (χ4v) is 4.23. The Morgan fingerprint density at radius 2 is 1.88 bits per heavy atom. The molecule has 7 heteroatoms. The maximum atomic E-state index is 9.33. The van der Waals surface area contributed by atoms with Crippen molar-refractivity contribution in [2.75, 3.05) is 50.1 Å². The van der Waals surface area contributed by atoms with Crippen molar-refractivity contribution in [2.24, 2.45) is 4.99 Å². The van der Waals surface area contributed by atoms with Crippen LogP contribution in [0.2, 0.25) is 0 Å². The Bertz CT molecular complexity index is 640. The standard InChI is InChI=1S/C17H25N3O3S/c1-24-11-4-15(19-5-8-21)17(24)14-12-13(18)2-3-16(14)20(6-9-22)7-10-23/h2-4,11-12,17,21-23H,1,5-10,18H2. The van der Waals surface area contributed by atoms with E-state index < -0.39 is 0 Å². The molecule has 24 heavy (non-hydrogen) atoms. The van der Waals surface area contributed by atoms with Gasteiger partial charge in [-0.1, -0.05) is 5.87 Å². The Morgan fingerprint density at radius 1 is 1.17 bits per heavy atom. The van der Waals surface area contributed by atoms with Gasteiger partial charge in [-0.05, 0) is 35.2 Å². The zero-order valence-corrected chi connectivity index (χ0v) is 14.5. The van der Waals surface area contributed by atoms with Crippen molar-refractivity contribution in [3.8, 4) is 0 Å². The fourth-order valence-electron chi connectivity index (χ4n) is 2.78. The quantitative estimate of drug-likeness (QED) is 0.409. The van der Waals surface area contributed by atoms with E-state index in [1.165, 1.54) is 0 Å². The first-order valence-corrected chi connectivity index (χ1v) is 9.35. The predicted molar refractivity (Wildman–Crippen MR) is 103 cm³/mol. The number of nitrogen functional groups attached to an aromatic ring is 1. The van der Waals surface area contributed by atoms with Crippen LogP contribution in [0.3, 0.4) is 0 Å². The number of hydrogen-bond acceptors (Lipinski definition) is 6. The van der Waals surface area contributed by atoms with E-state index in [9.17, 15) is 10.2 Å². The van der Waals surface area contributed by atoms with Gasteiger partial charge in [0.1, 0.15) is 0 Å². The molecule has 6 nitrogen and oxygen atoms in total. The normalized spacial score (nSPS) is 21.5. The summed E-state index contributed by atoms with van der Waals surface area (Å²) in [5, 5.41) is 29.7. The van der Waals surface area contributed by atoms with Gasteiger partial charge in [-0.15, -0.1) is 0 Å². The average Bonchev–Trinajstić information content (AvgIpc) is 2.93. The van der Waals surface area contributed by atoms with E-state index in [0.29, 0.717) is 25.3 Å². The van der Waals surface area contributed by atoms with Crippen LogP contribution in [0.15, 0.2) is 34.7 Å². The van der Waals surface area contributed by atoms with E-state index in [1.54, 1.807) is 0 Å². The Balaban J connectivity index is 2.47. The van der Waals surface area contributed by atoms with E-state index in [0.717, 1.165) is 17.0 Å². The molecule has 1 aliphatic heterocycles. The van der Waals surface area contributed by atoms with Crippen LogP contribution in [-0.2, 0) is 0 Å². The van der Waals surface area contributed by atoms with Crippen molar-refractivity contribution < 1.29 is 15.3 Å². The number of aliphatic imine (C=N–C) groups is 1. The van der Waals surface area contributed by atoms with Crippen LogP contribution in [0.5, 0.6) is 0 Å². The van der Waals surface area contributed by atoms with Gasteiger partial charge in [0.2, 0.25) is 0 Å². The van der Waals surface area contributed by atoms with Gasteiger partial charge in [-0.25, -0.2) is 0 Å². The van der Waals surface area contributed by atoms with Gasteiger partial charge < -0.3 is 26.0 Å². The predicted octanol–water partition coefficient (Wildman–Crippen LogP) is 0.762. The van der Waals surface area contributed by atoms with Gasteiger partial charge in [0.05, 0.1) is 37.3 Å². The first-order chi connectivity index (χ1) is 11.6. The number of aliphatic hydroxyl groups is 3. The summed E-state index contributed by atoms with van der Waals surface area (Å²) in [6.45, 7) is 1.18. The van der Waals surface area contributed by atoms with Gasteiger partial charge in [0, 0.05) is 24.5 Å². The zero-order chi connectivity index (χ0) is 17.5. The Kier molecular flexibility index (Phi) is 6.99. The van der Waals surface area contributed by atoms with E-state index in [-0.39, 0.29) is 35.6 Å². The minimum atomic E-state index is -0.288. The molecule has 2 atom stereocenters. The number of allylic oxidation sites excluding steroid dienone is 1. The van der Waals surface area contributed by atoms with E-state index in [4.69, 9.17) is 10.8 Å². The van der Waals surface area contributed by atoms with Crippen LogP contribution in [0.25, 0.3) is 0 Å². The molecule has 1 heterocycles. The summed E-state index contributed by atoms with van der Waals surface area (Å²) in [7, 11) is -0.288. The highest BCUT2D eigenvalue weighted by Gasteiger charge is 2.27. The molecule has 132 valence electrons. The van der Waals surface area contributed by atoms with Crippen LogP contribution in [0.4, 0.5) is 11.4 Å². The highest BCUT2D eigenvalue weighted by atomic mass is 32.2. The van der Waals surface area contributed by atoms with Crippen LogP contribution in [0, 0.1) is 0 Å². The van der Waals surface area contributed by atoms with E-state index in [1.807, 2.05) is 34.6 Å². The smallest absolute Gasteiger partial charge is 0.0718 e. The molecule has 0 aliphatic carbocycles. The third kappa shape index (κ3) is 4.24. The molecular weight excluding hydrogens is 326 g/mol. The molecule has 0 bridgehead atoms. The lowest BCUT2D eigenvalue weighted by Gasteiger charge is -2.28. The van der Waals surface area contributed by atoms with Crippen molar-refractivity contribution in [1.82, 2.24) is 0 Å². The summed E-state index contributed by atoms with van der Waals surface area (Å²) in [5.74, 6) is 4.22. The molecule has 0 fully saturated rings. The summed E-state index contributed by atoms with van der Waals surface area (Å²) in [4.78, 5) is 6.40. The SMILES string of the molecule is C=S1C=CC(=NCCO)C1c1cc(N)ccc1N(CCO)CCO. The van der Waals surface area contributed by atoms with Crippen molar-refractivity contribution in [2.45, 2.75) is 5.25 Å². The number of nitrogens with zero attached hydrogens (tertiary/aromatic N) is 2. The molecule has 5 N–H and O–H groups in total. The summed E-state index contributed by atoms with van der Waals surface area (Å²) in [5.41, 5.74) is 9.42. The van der Waals surface area contributed by atoms with Crippen molar-refractivity contribution in [3.05, 3.63) is 35.2 Å². The van der Waals surface area contributed by atoms with Gasteiger partial charge in [-0.2, -0.15) is 10.5 Å². The van der Waals surface area contributed by atoms with Crippen molar-refractivity contribution >= 4 is 33.4 Å². The topological polar surface area (TPSA) is 102 Å². The molecule has 0 saturated carbocycles. The van der Waals surface area contributed by atoms with Crippen LogP contribution in [0.1, 0.15) is 10.8 Å². The first-order valence-electron chi connectivity index (χ1n) is 7.83. The molecule has 0 amide bonds. The zero-order valence-electron chi connectivity index (χ0n) is 13.6. The second-order valence-electron chi connectivity index (χ2n) is 5.43. The molecule has 0 radical (unpaired) electrons. The molecular formula is C17H25N3O3S. The summed E-state index contributed by atoms with van der Waals surface area (Å²) < 4.78 is 0. The van der Waals surface area contributed by atoms with Crippen LogP contribution < -0.4 is 10.6 Å². The molecule has 1 aromatic rings. The molecule has 1 aromatic carbocycles. The Labute approximate surface area is 144 Å². The highest BCUT2D eigenvalue weighted by molar-refractivity contribution is 8.17. The first kappa shape index (κ1) is 18.7. The van der Waals surface area contributed by atoms with Gasteiger partial charge in [0.25, 0.3) is 0 Å². The molecule has 0 spiro atoms.